The van der Waals surface area contributed by atoms with Crippen molar-refractivity contribution in [3.63, 3.8) is 0 Å². The molecule has 0 bridgehead atoms. The van der Waals surface area contributed by atoms with Gasteiger partial charge in [-0.1, -0.05) is 61.7 Å². The third-order valence-corrected chi connectivity index (χ3v) is 3.65. The quantitative estimate of drug-likeness (QED) is 0.708. The van der Waals surface area contributed by atoms with Gasteiger partial charge in [0.1, 0.15) is 0 Å². The van der Waals surface area contributed by atoms with Gasteiger partial charge in [-0.2, -0.15) is 0 Å². The van der Waals surface area contributed by atoms with Gasteiger partial charge in [-0.25, -0.2) is 0 Å². The van der Waals surface area contributed by atoms with E-state index in [0.717, 1.165) is 18.1 Å². The van der Waals surface area contributed by atoms with Gasteiger partial charge >= 0.3 is 0 Å². The molecular formula is C18H16. The first-order valence-electron chi connectivity index (χ1n) is 6.34. The van der Waals surface area contributed by atoms with Crippen LogP contribution in [0.25, 0.3) is 29.5 Å². The molecule has 2 aromatic rings. The number of rotatable bonds is 1. The topological polar surface area (TPSA) is 0 Å². The highest BCUT2D eigenvalue weighted by molar-refractivity contribution is 5.93. The fraction of sp³-hybridized carbons (Fsp3) is 0.111. The Hall–Kier alpha value is -2.08. The summed E-state index contributed by atoms with van der Waals surface area (Å²) < 4.78 is 0. The number of benzene rings is 2. The van der Waals surface area contributed by atoms with Crippen LogP contribution in [0.1, 0.15) is 17.5 Å². The molecule has 0 fully saturated rings. The summed E-state index contributed by atoms with van der Waals surface area (Å²) in [4.78, 5) is 0. The lowest BCUT2D eigenvalue weighted by Crippen LogP contribution is -2.30. The number of hydrogen-bond donors (Lipinski definition) is 0. The van der Waals surface area contributed by atoms with Gasteiger partial charge in [0.05, 0.1) is 0 Å². The van der Waals surface area contributed by atoms with Crippen LogP contribution in [0, 0.1) is 0 Å². The Kier molecular flexibility index (Phi) is 2.64. The summed E-state index contributed by atoms with van der Waals surface area (Å²) in [6, 6.07) is 8.55. The van der Waals surface area contributed by atoms with Crippen molar-refractivity contribution in [1.29, 1.82) is 0 Å². The van der Waals surface area contributed by atoms with E-state index in [1.165, 1.54) is 27.1 Å². The van der Waals surface area contributed by atoms with Gasteiger partial charge in [-0.15, -0.1) is 0 Å². The minimum absolute atomic E-state index is 1.09. The van der Waals surface area contributed by atoms with E-state index < -0.39 is 0 Å². The minimum atomic E-state index is 1.09. The molecule has 0 spiro atoms. The monoisotopic (exact) mass is 232 g/mol. The van der Waals surface area contributed by atoms with Crippen LogP contribution < -0.4 is 10.4 Å². The van der Waals surface area contributed by atoms with E-state index >= 15 is 0 Å². The summed E-state index contributed by atoms with van der Waals surface area (Å²) in [6.45, 7) is 8.11. The molecule has 3 rings (SSSR count). The molecule has 1 aliphatic carbocycles. The van der Waals surface area contributed by atoms with E-state index in [1.807, 2.05) is 6.08 Å². The van der Waals surface area contributed by atoms with Gasteiger partial charge in [-0.05, 0) is 45.2 Å². The maximum atomic E-state index is 4.29. The van der Waals surface area contributed by atoms with Crippen LogP contribution in [0.2, 0.25) is 0 Å². The summed E-state index contributed by atoms with van der Waals surface area (Å²) in [6.07, 6.45) is 10.6. The second kappa shape index (κ2) is 4.30. The van der Waals surface area contributed by atoms with Crippen LogP contribution in [0.3, 0.4) is 0 Å². The lowest BCUT2D eigenvalue weighted by molar-refractivity contribution is 0.978. The second-order valence-electron chi connectivity index (χ2n) is 4.67. The Balaban J connectivity index is 2.61. The molecule has 1 aliphatic rings. The average molecular weight is 232 g/mol. The zero-order valence-corrected chi connectivity index (χ0v) is 10.4. The van der Waals surface area contributed by atoms with E-state index in [1.54, 1.807) is 0 Å². The molecule has 0 aliphatic heterocycles. The maximum absolute atomic E-state index is 4.29. The van der Waals surface area contributed by atoms with Crippen LogP contribution in [-0.2, 0) is 6.42 Å². The van der Waals surface area contributed by atoms with Crippen molar-refractivity contribution in [3.05, 3.63) is 64.6 Å². The van der Waals surface area contributed by atoms with Gasteiger partial charge in [0.25, 0.3) is 0 Å². The smallest absolute Gasteiger partial charge is 0.00994 e. The van der Waals surface area contributed by atoms with Crippen LogP contribution in [0.15, 0.2) is 43.0 Å². The Morgan fingerprint density at radius 1 is 1.11 bits per heavy atom. The molecular weight excluding hydrogens is 216 g/mol. The van der Waals surface area contributed by atoms with Crippen LogP contribution >= 0.6 is 0 Å². The molecule has 0 nitrogen and oxygen atoms in total. The Morgan fingerprint density at radius 3 is 2.67 bits per heavy atom. The minimum Gasteiger partial charge on any atom is -0.0990 e. The summed E-state index contributed by atoms with van der Waals surface area (Å²) in [5.41, 5.74) is 2.74. The number of allylic oxidation sites excluding steroid dienone is 2. The molecule has 88 valence electrons. The van der Waals surface area contributed by atoms with E-state index in [2.05, 4.69) is 55.7 Å². The van der Waals surface area contributed by atoms with Gasteiger partial charge in [0.15, 0.2) is 0 Å². The van der Waals surface area contributed by atoms with Crippen molar-refractivity contribution in [3.8, 4) is 0 Å². The highest BCUT2D eigenvalue weighted by Gasteiger charge is 2.10. The Labute approximate surface area is 107 Å². The van der Waals surface area contributed by atoms with Crippen LogP contribution in [0.4, 0.5) is 0 Å². The predicted molar refractivity (Wildman–Crippen MR) is 80.7 cm³/mol. The zero-order valence-electron chi connectivity index (χ0n) is 10.4. The summed E-state index contributed by atoms with van der Waals surface area (Å²) >= 11 is 0. The molecule has 0 amide bonds. The average Bonchev–Trinajstić information content (AvgIpc) is 2.43. The number of hydrogen-bond acceptors (Lipinski definition) is 0. The van der Waals surface area contributed by atoms with Crippen molar-refractivity contribution < 1.29 is 0 Å². The van der Waals surface area contributed by atoms with E-state index in [0.29, 0.717) is 0 Å². The molecule has 18 heavy (non-hydrogen) atoms. The van der Waals surface area contributed by atoms with Gasteiger partial charge in [0.2, 0.25) is 0 Å². The zero-order chi connectivity index (χ0) is 12.5. The molecule has 0 saturated heterocycles. The lowest BCUT2D eigenvalue weighted by Gasteiger charge is -2.15. The van der Waals surface area contributed by atoms with Crippen LogP contribution in [0.5, 0.6) is 0 Å². The number of fused-ring (bicyclic) bond motifs is 3. The fourth-order valence-corrected chi connectivity index (χ4v) is 2.82. The molecule has 0 radical (unpaired) electrons. The largest absolute Gasteiger partial charge is 0.0990 e. The molecule has 0 unspecified atom stereocenters. The van der Waals surface area contributed by atoms with E-state index in [4.69, 9.17) is 0 Å². The first-order valence-corrected chi connectivity index (χ1v) is 6.34. The predicted octanol–water partition coefficient (Wildman–Crippen LogP) is 3.18. The lowest BCUT2D eigenvalue weighted by atomic mass is 9.89. The second-order valence-corrected chi connectivity index (χ2v) is 4.67. The summed E-state index contributed by atoms with van der Waals surface area (Å²) in [7, 11) is 0. The molecule has 0 N–H and O–H groups in total. The summed E-state index contributed by atoms with van der Waals surface area (Å²) in [5.74, 6) is 0. The third kappa shape index (κ3) is 1.53. The van der Waals surface area contributed by atoms with Gasteiger partial charge in [0, 0.05) is 0 Å². The van der Waals surface area contributed by atoms with Gasteiger partial charge < -0.3 is 0 Å². The molecule has 0 saturated carbocycles. The van der Waals surface area contributed by atoms with Crippen molar-refractivity contribution in [2.75, 3.05) is 0 Å². The molecule has 0 atom stereocenters. The SMILES string of the molecule is C=C/C=c1\c(=C)c2c(c3ccccc13)C=CCC2. The Bertz CT molecular complexity index is 761. The maximum Gasteiger partial charge on any atom is -0.00994 e. The summed E-state index contributed by atoms with van der Waals surface area (Å²) in [5, 5.41) is 4.97. The Morgan fingerprint density at radius 2 is 1.89 bits per heavy atom. The van der Waals surface area contributed by atoms with E-state index in [9.17, 15) is 0 Å². The van der Waals surface area contributed by atoms with Crippen molar-refractivity contribution in [2.45, 2.75) is 12.8 Å². The third-order valence-electron chi connectivity index (χ3n) is 3.65. The molecule has 0 heterocycles. The van der Waals surface area contributed by atoms with Gasteiger partial charge in [-0.3, -0.25) is 0 Å². The fourth-order valence-electron chi connectivity index (χ4n) is 2.82. The van der Waals surface area contributed by atoms with Crippen molar-refractivity contribution >= 4 is 29.5 Å². The van der Waals surface area contributed by atoms with Crippen molar-refractivity contribution in [2.24, 2.45) is 0 Å². The normalized spacial score (nSPS) is 14.8. The molecule has 2 aromatic carbocycles. The highest BCUT2D eigenvalue weighted by atomic mass is 14.1. The first kappa shape index (κ1) is 11.0. The first-order chi connectivity index (χ1) is 8.83. The molecule has 0 aromatic heterocycles. The standard InChI is InChI=1S/C18H16/c1-3-8-14-13(2)15-9-4-5-11-17(15)18-12-7-6-10-16(14)18/h3,5-8,10-12H,1-2,4,9H2/b14-8+. The van der Waals surface area contributed by atoms with Crippen LogP contribution in [-0.4, -0.2) is 0 Å². The van der Waals surface area contributed by atoms with E-state index in [-0.39, 0.29) is 0 Å². The van der Waals surface area contributed by atoms with Crippen molar-refractivity contribution in [1.82, 2.24) is 0 Å². The molecule has 0 heteroatoms. The highest BCUT2D eigenvalue weighted by Crippen LogP contribution is 2.23.